The van der Waals surface area contributed by atoms with Crippen LogP contribution in [0.2, 0.25) is 0 Å². The fourth-order valence-electron chi connectivity index (χ4n) is 1.46. The van der Waals surface area contributed by atoms with Crippen LogP contribution in [0.4, 0.5) is 11.4 Å². The second kappa shape index (κ2) is 7.68. The van der Waals surface area contributed by atoms with Crippen molar-refractivity contribution in [2.24, 2.45) is 0 Å². The van der Waals surface area contributed by atoms with E-state index in [-0.39, 0.29) is 12.2 Å². The monoisotopic (exact) mass is 297 g/mol. The zero-order valence-electron chi connectivity index (χ0n) is 11.3. The number of anilines is 1. The largest absolute Gasteiger partial charge is 0.494 e. The Bertz CT molecular complexity index is 546. The van der Waals surface area contributed by atoms with Gasteiger partial charge in [0, 0.05) is 17.8 Å². The molecule has 0 radical (unpaired) electrons. The first-order chi connectivity index (χ1) is 9.92. The molecule has 0 spiro atoms. The molecule has 9 nitrogen and oxygen atoms in total. The van der Waals surface area contributed by atoms with Crippen LogP contribution in [-0.4, -0.2) is 41.6 Å². The molecule has 0 aliphatic rings. The Morgan fingerprint density at radius 1 is 1.33 bits per heavy atom. The lowest BCUT2D eigenvalue weighted by molar-refractivity contribution is -0.384. The first kappa shape index (κ1) is 16.2. The number of ether oxygens (including phenoxy) is 1. The maximum absolute atomic E-state index is 11.3. The number of nitrogens with zero attached hydrogens (tertiary/aromatic N) is 1. The SMILES string of the molecule is CCOc1cc(NCC(=O)NCC(=O)O)cc([N+](=O)[O-])c1. The fraction of sp³-hybridized carbons (Fsp3) is 0.333. The van der Waals surface area contributed by atoms with Gasteiger partial charge in [0.1, 0.15) is 12.3 Å². The molecule has 0 aromatic heterocycles. The zero-order valence-corrected chi connectivity index (χ0v) is 11.3. The van der Waals surface area contributed by atoms with Crippen molar-refractivity contribution in [3.63, 3.8) is 0 Å². The van der Waals surface area contributed by atoms with Crippen molar-refractivity contribution in [2.45, 2.75) is 6.92 Å². The number of carbonyl (C=O) groups excluding carboxylic acids is 1. The number of nitrogens with one attached hydrogen (secondary N) is 2. The minimum Gasteiger partial charge on any atom is -0.494 e. The van der Waals surface area contributed by atoms with Gasteiger partial charge in [-0.05, 0) is 6.92 Å². The molecule has 1 aromatic carbocycles. The van der Waals surface area contributed by atoms with Crippen molar-refractivity contribution in [2.75, 3.05) is 25.0 Å². The van der Waals surface area contributed by atoms with Crippen molar-refractivity contribution in [1.82, 2.24) is 5.32 Å². The molecule has 1 aromatic rings. The third-order valence-corrected chi connectivity index (χ3v) is 2.30. The van der Waals surface area contributed by atoms with Crippen molar-refractivity contribution >= 4 is 23.3 Å². The summed E-state index contributed by atoms with van der Waals surface area (Å²) in [6, 6.07) is 4.05. The maximum Gasteiger partial charge on any atom is 0.322 e. The standard InChI is InChI=1S/C12H15N3O6/c1-2-21-10-4-8(3-9(5-10)15(19)20)13-6-11(16)14-7-12(17)18/h3-5,13H,2,6-7H2,1H3,(H,14,16)(H,17,18). The average Bonchev–Trinajstić information content (AvgIpc) is 2.43. The number of carboxylic acid groups (broad SMARTS) is 1. The van der Waals surface area contributed by atoms with Crippen LogP contribution in [0.3, 0.4) is 0 Å². The van der Waals surface area contributed by atoms with E-state index in [9.17, 15) is 19.7 Å². The lowest BCUT2D eigenvalue weighted by Crippen LogP contribution is -2.33. The van der Waals surface area contributed by atoms with E-state index in [4.69, 9.17) is 9.84 Å². The number of rotatable bonds is 8. The Kier molecular flexibility index (Phi) is 5.93. The highest BCUT2D eigenvalue weighted by Gasteiger charge is 2.11. The van der Waals surface area contributed by atoms with Gasteiger partial charge in [0.05, 0.1) is 24.1 Å². The van der Waals surface area contributed by atoms with Crippen LogP contribution in [0.1, 0.15) is 6.92 Å². The van der Waals surface area contributed by atoms with Gasteiger partial charge in [-0.2, -0.15) is 0 Å². The molecule has 1 rings (SSSR count). The van der Waals surface area contributed by atoms with E-state index in [0.717, 1.165) is 0 Å². The van der Waals surface area contributed by atoms with E-state index in [2.05, 4.69) is 10.6 Å². The zero-order chi connectivity index (χ0) is 15.8. The Labute approximate surface area is 120 Å². The molecule has 9 heteroatoms. The van der Waals surface area contributed by atoms with E-state index in [1.165, 1.54) is 18.2 Å². The summed E-state index contributed by atoms with van der Waals surface area (Å²) in [4.78, 5) is 31.9. The predicted octanol–water partition coefficient (Wildman–Crippen LogP) is 0.606. The number of aliphatic carboxylic acids is 1. The van der Waals surface area contributed by atoms with Gasteiger partial charge >= 0.3 is 5.97 Å². The van der Waals surface area contributed by atoms with Gasteiger partial charge in [-0.15, -0.1) is 0 Å². The third kappa shape index (κ3) is 5.76. The molecular formula is C12H15N3O6. The van der Waals surface area contributed by atoms with Crippen LogP contribution in [0.15, 0.2) is 18.2 Å². The van der Waals surface area contributed by atoms with Crippen LogP contribution in [0, 0.1) is 10.1 Å². The molecule has 0 saturated carbocycles. The van der Waals surface area contributed by atoms with E-state index in [1.54, 1.807) is 6.92 Å². The topological polar surface area (TPSA) is 131 Å². The number of carbonyl (C=O) groups is 2. The lowest BCUT2D eigenvalue weighted by Gasteiger charge is -2.09. The second-order valence-corrected chi connectivity index (χ2v) is 3.93. The fourth-order valence-corrected chi connectivity index (χ4v) is 1.46. The molecule has 0 heterocycles. The Balaban J connectivity index is 2.71. The molecular weight excluding hydrogens is 282 g/mol. The van der Waals surface area contributed by atoms with Crippen molar-refractivity contribution in [3.05, 3.63) is 28.3 Å². The van der Waals surface area contributed by atoms with Gasteiger partial charge in [0.15, 0.2) is 0 Å². The van der Waals surface area contributed by atoms with Gasteiger partial charge in [0.25, 0.3) is 5.69 Å². The number of carboxylic acids is 1. The van der Waals surface area contributed by atoms with Crippen LogP contribution >= 0.6 is 0 Å². The normalized spacial score (nSPS) is 9.76. The van der Waals surface area contributed by atoms with Gasteiger partial charge < -0.3 is 20.5 Å². The van der Waals surface area contributed by atoms with Gasteiger partial charge in [-0.1, -0.05) is 0 Å². The molecule has 0 fully saturated rings. The van der Waals surface area contributed by atoms with Crippen molar-refractivity contribution in [3.8, 4) is 5.75 Å². The predicted molar refractivity (Wildman–Crippen MR) is 73.4 cm³/mol. The average molecular weight is 297 g/mol. The number of non-ortho nitro benzene ring substituents is 1. The summed E-state index contributed by atoms with van der Waals surface area (Å²) in [5.41, 5.74) is 0.160. The Morgan fingerprint density at radius 2 is 2.05 bits per heavy atom. The van der Waals surface area contributed by atoms with Crippen molar-refractivity contribution in [1.29, 1.82) is 0 Å². The van der Waals surface area contributed by atoms with Crippen LogP contribution in [0.25, 0.3) is 0 Å². The van der Waals surface area contributed by atoms with Crippen LogP contribution in [0.5, 0.6) is 5.75 Å². The maximum atomic E-state index is 11.3. The summed E-state index contributed by atoms with van der Waals surface area (Å²) in [5.74, 6) is -1.39. The smallest absolute Gasteiger partial charge is 0.322 e. The summed E-state index contributed by atoms with van der Waals surface area (Å²) in [6.45, 7) is 1.39. The molecule has 0 bridgehead atoms. The molecule has 3 N–H and O–H groups in total. The molecule has 21 heavy (non-hydrogen) atoms. The lowest BCUT2D eigenvalue weighted by atomic mass is 10.2. The van der Waals surface area contributed by atoms with E-state index in [0.29, 0.717) is 18.0 Å². The summed E-state index contributed by atoms with van der Waals surface area (Å²) in [5, 5.41) is 24.1. The summed E-state index contributed by atoms with van der Waals surface area (Å²) >= 11 is 0. The number of nitro benzene ring substituents is 1. The van der Waals surface area contributed by atoms with Gasteiger partial charge in [-0.25, -0.2) is 0 Å². The number of hydrogen-bond donors (Lipinski definition) is 3. The first-order valence-corrected chi connectivity index (χ1v) is 6.07. The summed E-state index contributed by atoms with van der Waals surface area (Å²) in [6.07, 6.45) is 0. The van der Waals surface area contributed by atoms with E-state index in [1.807, 2.05) is 0 Å². The number of hydrogen-bond acceptors (Lipinski definition) is 6. The molecule has 0 atom stereocenters. The highest BCUT2D eigenvalue weighted by molar-refractivity contribution is 5.84. The number of nitro groups is 1. The first-order valence-electron chi connectivity index (χ1n) is 6.07. The Morgan fingerprint density at radius 3 is 2.62 bits per heavy atom. The Hall–Kier alpha value is -2.84. The molecule has 0 saturated heterocycles. The van der Waals surface area contributed by atoms with Crippen LogP contribution in [-0.2, 0) is 9.59 Å². The highest BCUT2D eigenvalue weighted by atomic mass is 16.6. The summed E-state index contributed by atoms with van der Waals surface area (Å²) in [7, 11) is 0. The quantitative estimate of drug-likeness (QED) is 0.473. The molecule has 0 aliphatic heterocycles. The number of benzene rings is 1. The third-order valence-electron chi connectivity index (χ3n) is 2.30. The molecule has 0 unspecified atom stereocenters. The number of amides is 1. The minimum absolute atomic E-state index is 0.172. The van der Waals surface area contributed by atoms with E-state index >= 15 is 0 Å². The van der Waals surface area contributed by atoms with Gasteiger partial charge in [-0.3, -0.25) is 19.7 Å². The highest BCUT2D eigenvalue weighted by Crippen LogP contribution is 2.25. The molecule has 1 amide bonds. The molecule has 114 valence electrons. The van der Waals surface area contributed by atoms with E-state index < -0.39 is 23.3 Å². The van der Waals surface area contributed by atoms with Crippen molar-refractivity contribution < 1.29 is 24.4 Å². The molecule has 0 aliphatic carbocycles. The van der Waals surface area contributed by atoms with Crippen LogP contribution < -0.4 is 15.4 Å². The van der Waals surface area contributed by atoms with Gasteiger partial charge in [0.2, 0.25) is 5.91 Å². The summed E-state index contributed by atoms with van der Waals surface area (Å²) < 4.78 is 5.20. The minimum atomic E-state index is -1.16. The second-order valence-electron chi connectivity index (χ2n) is 3.93.